The average molecular weight is 501 g/mol. The lowest BCUT2D eigenvalue weighted by Crippen LogP contribution is -2.42. The van der Waals surface area contributed by atoms with Crippen molar-refractivity contribution in [3.05, 3.63) is 94.8 Å². The van der Waals surface area contributed by atoms with Crippen LogP contribution in [-0.4, -0.2) is 48.1 Å². The number of aryl methyl sites for hydroxylation is 1. The number of fused-ring (bicyclic) bond motifs is 1. The van der Waals surface area contributed by atoms with Gasteiger partial charge >= 0.3 is 5.97 Å². The number of nitrogens with zero attached hydrogens (tertiary/aromatic N) is 1. The second kappa shape index (κ2) is 10.9. The fraction of sp³-hybridized carbons (Fsp3) is 0.241. The number of halogens is 1. The van der Waals surface area contributed by atoms with Crippen molar-refractivity contribution in [2.45, 2.75) is 19.4 Å². The zero-order chi connectivity index (χ0) is 25.8. The number of carboxylic acids is 1. The van der Waals surface area contributed by atoms with Crippen molar-refractivity contribution < 1.29 is 19.1 Å². The molecular formula is C29H29FN4O3. The number of amides is 1. The van der Waals surface area contributed by atoms with E-state index in [-0.39, 0.29) is 12.3 Å². The summed E-state index contributed by atoms with van der Waals surface area (Å²) in [5.41, 5.74) is 5.79. The third-order valence-corrected chi connectivity index (χ3v) is 6.69. The fourth-order valence-electron chi connectivity index (χ4n) is 4.73. The molecule has 0 aromatic heterocycles. The number of carbonyl (C=O) groups excluding carboxylic acids is 1. The molecule has 8 heteroatoms. The quantitative estimate of drug-likeness (QED) is 0.347. The maximum absolute atomic E-state index is 13.8. The first kappa shape index (κ1) is 24.7. The highest BCUT2D eigenvalue weighted by molar-refractivity contribution is 6.37. The van der Waals surface area contributed by atoms with Crippen molar-refractivity contribution in [3.8, 4) is 0 Å². The van der Waals surface area contributed by atoms with Crippen molar-refractivity contribution in [1.29, 1.82) is 0 Å². The van der Waals surface area contributed by atoms with Crippen LogP contribution >= 0.6 is 0 Å². The molecular weight excluding hydrogens is 471 g/mol. The maximum Gasteiger partial charge on any atom is 0.303 e. The molecule has 0 atom stereocenters. The van der Waals surface area contributed by atoms with E-state index in [4.69, 9.17) is 5.11 Å². The Morgan fingerprint density at radius 2 is 1.68 bits per heavy atom. The van der Waals surface area contributed by atoms with Crippen LogP contribution in [0.3, 0.4) is 0 Å². The highest BCUT2D eigenvalue weighted by Crippen LogP contribution is 2.38. The normalized spacial score (nSPS) is 16.7. The van der Waals surface area contributed by atoms with Crippen LogP contribution in [0.15, 0.2) is 66.7 Å². The van der Waals surface area contributed by atoms with Gasteiger partial charge in [0, 0.05) is 50.4 Å². The topological polar surface area (TPSA) is 93.7 Å². The molecule has 1 fully saturated rings. The third-order valence-electron chi connectivity index (χ3n) is 6.69. The number of aliphatic carboxylic acids is 1. The van der Waals surface area contributed by atoms with Gasteiger partial charge in [-0.3, -0.25) is 14.5 Å². The molecule has 4 N–H and O–H groups in total. The van der Waals surface area contributed by atoms with Crippen molar-refractivity contribution in [3.63, 3.8) is 0 Å². The predicted molar refractivity (Wildman–Crippen MR) is 142 cm³/mol. The minimum Gasteiger partial charge on any atom is -0.481 e. The maximum atomic E-state index is 13.8. The van der Waals surface area contributed by atoms with Gasteiger partial charge in [0.05, 0.1) is 17.0 Å². The summed E-state index contributed by atoms with van der Waals surface area (Å²) in [7, 11) is 0. The molecule has 0 radical (unpaired) electrons. The third kappa shape index (κ3) is 5.87. The smallest absolute Gasteiger partial charge is 0.303 e. The molecule has 1 saturated heterocycles. The van der Waals surface area contributed by atoms with E-state index in [1.165, 1.54) is 17.7 Å². The minimum atomic E-state index is -0.847. The van der Waals surface area contributed by atoms with Gasteiger partial charge in [-0.1, -0.05) is 36.4 Å². The molecule has 37 heavy (non-hydrogen) atoms. The number of hydrogen-bond acceptors (Lipinski definition) is 5. The second-order valence-electron chi connectivity index (χ2n) is 9.33. The van der Waals surface area contributed by atoms with E-state index in [1.807, 2.05) is 36.4 Å². The Hall–Kier alpha value is -4.01. The summed E-state index contributed by atoms with van der Waals surface area (Å²) in [6.45, 7) is 4.93. The van der Waals surface area contributed by atoms with Crippen molar-refractivity contribution >= 4 is 34.5 Å². The van der Waals surface area contributed by atoms with E-state index in [2.05, 4.69) is 33.0 Å². The van der Waals surface area contributed by atoms with Gasteiger partial charge < -0.3 is 21.1 Å². The number of carboxylic acid groups (broad SMARTS) is 1. The Morgan fingerprint density at radius 1 is 0.973 bits per heavy atom. The standard InChI is InChI=1S/C29H29FN4O3/c30-22-8-11-24-25(17-22)33-29(37)27(24)28(21-6-1-19(2-7-21)5-12-26(35)36)32-23-9-3-20(4-10-23)18-34-15-13-31-14-16-34/h1-4,6-11,17,31-32H,5,12-16,18H2,(H,33,37)(H,35,36)/b28-27-. The highest BCUT2D eigenvalue weighted by Gasteiger charge is 2.29. The molecule has 0 aliphatic carbocycles. The summed E-state index contributed by atoms with van der Waals surface area (Å²) in [6, 6.07) is 19.9. The monoisotopic (exact) mass is 500 g/mol. The van der Waals surface area contributed by atoms with Crippen LogP contribution in [0.5, 0.6) is 0 Å². The Morgan fingerprint density at radius 3 is 2.38 bits per heavy atom. The number of anilines is 2. The van der Waals surface area contributed by atoms with Crippen LogP contribution in [-0.2, 0) is 22.6 Å². The zero-order valence-electron chi connectivity index (χ0n) is 20.4. The molecule has 2 aliphatic heterocycles. The largest absolute Gasteiger partial charge is 0.481 e. The number of rotatable bonds is 8. The molecule has 3 aromatic carbocycles. The number of carbonyl (C=O) groups is 2. The van der Waals surface area contributed by atoms with Gasteiger partial charge in [-0.25, -0.2) is 4.39 Å². The van der Waals surface area contributed by atoms with Crippen LogP contribution in [0.25, 0.3) is 11.3 Å². The molecule has 0 spiro atoms. The lowest BCUT2D eigenvalue weighted by molar-refractivity contribution is -0.137. The summed E-state index contributed by atoms with van der Waals surface area (Å²) in [4.78, 5) is 26.4. The molecule has 1 amide bonds. The molecule has 0 bridgehead atoms. The Bertz CT molecular complexity index is 1330. The molecule has 0 unspecified atom stereocenters. The summed E-state index contributed by atoms with van der Waals surface area (Å²) in [5, 5.41) is 18.6. The second-order valence-corrected chi connectivity index (χ2v) is 9.33. The summed E-state index contributed by atoms with van der Waals surface area (Å²) in [6.07, 6.45) is 0.471. The van der Waals surface area contributed by atoms with E-state index in [0.717, 1.165) is 49.5 Å². The molecule has 0 saturated carbocycles. The summed E-state index contributed by atoms with van der Waals surface area (Å²) >= 11 is 0. The Balaban J connectivity index is 1.46. The molecule has 2 aliphatic rings. The first-order chi connectivity index (χ1) is 18.0. The Kier molecular flexibility index (Phi) is 7.30. The van der Waals surface area contributed by atoms with Crippen molar-refractivity contribution in [2.75, 3.05) is 36.8 Å². The highest BCUT2D eigenvalue weighted by atomic mass is 19.1. The number of nitrogens with one attached hydrogen (secondary N) is 3. The van der Waals surface area contributed by atoms with E-state index >= 15 is 0 Å². The van der Waals surface area contributed by atoms with E-state index in [0.29, 0.717) is 28.9 Å². The van der Waals surface area contributed by atoms with E-state index in [1.54, 1.807) is 6.07 Å². The van der Waals surface area contributed by atoms with Crippen LogP contribution in [0, 0.1) is 5.82 Å². The first-order valence-corrected chi connectivity index (χ1v) is 12.4. The average Bonchev–Trinajstić information content (AvgIpc) is 3.22. The first-order valence-electron chi connectivity index (χ1n) is 12.4. The van der Waals surface area contributed by atoms with Gasteiger partial charge in [-0.05, 0) is 53.4 Å². The predicted octanol–water partition coefficient (Wildman–Crippen LogP) is 4.18. The van der Waals surface area contributed by atoms with Gasteiger partial charge in [-0.15, -0.1) is 0 Å². The van der Waals surface area contributed by atoms with Crippen LogP contribution in [0.2, 0.25) is 0 Å². The number of benzene rings is 3. The zero-order valence-corrected chi connectivity index (χ0v) is 20.4. The molecule has 190 valence electrons. The van der Waals surface area contributed by atoms with Crippen molar-refractivity contribution in [2.24, 2.45) is 0 Å². The van der Waals surface area contributed by atoms with Gasteiger partial charge in [0.1, 0.15) is 5.82 Å². The fourth-order valence-corrected chi connectivity index (χ4v) is 4.73. The van der Waals surface area contributed by atoms with Crippen LogP contribution < -0.4 is 16.0 Å². The molecule has 5 rings (SSSR count). The van der Waals surface area contributed by atoms with Gasteiger partial charge in [0.2, 0.25) is 0 Å². The lowest BCUT2D eigenvalue weighted by atomic mass is 9.98. The minimum absolute atomic E-state index is 0.0488. The van der Waals surface area contributed by atoms with Crippen molar-refractivity contribution in [1.82, 2.24) is 10.2 Å². The number of piperazine rings is 1. The summed E-state index contributed by atoms with van der Waals surface area (Å²) < 4.78 is 13.8. The van der Waals surface area contributed by atoms with Gasteiger partial charge in [0.25, 0.3) is 5.91 Å². The Labute approximate surface area is 215 Å². The molecule has 2 heterocycles. The summed E-state index contributed by atoms with van der Waals surface area (Å²) in [5.74, 6) is -1.58. The number of hydrogen-bond donors (Lipinski definition) is 4. The van der Waals surface area contributed by atoms with Crippen LogP contribution in [0.1, 0.15) is 28.7 Å². The molecule has 3 aromatic rings. The van der Waals surface area contributed by atoms with E-state index < -0.39 is 11.8 Å². The van der Waals surface area contributed by atoms with Gasteiger partial charge in [0.15, 0.2) is 0 Å². The molecule has 7 nitrogen and oxygen atoms in total. The van der Waals surface area contributed by atoms with E-state index in [9.17, 15) is 14.0 Å². The van der Waals surface area contributed by atoms with Gasteiger partial charge in [-0.2, -0.15) is 0 Å². The van der Waals surface area contributed by atoms with Crippen LogP contribution in [0.4, 0.5) is 15.8 Å². The SMILES string of the molecule is O=C(O)CCc1ccc(/C(Nc2ccc(CN3CCNCC3)cc2)=C2/C(=O)Nc3cc(F)ccc32)cc1. The lowest BCUT2D eigenvalue weighted by Gasteiger charge is -2.27.